The van der Waals surface area contributed by atoms with Crippen molar-refractivity contribution in [3.63, 3.8) is 0 Å². The van der Waals surface area contributed by atoms with E-state index in [-0.39, 0.29) is 5.91 Å². The molecule has 0 atom stereocenters. The Hall–Kier alpha value is -1.02. The molecule has 1 aromatic carbocycles. The van der Waals surface area contributed by atoms with E-state index in [1.807, 2.05) is 23.1 Å². The molecule has 3 heteroatoms. The molecule has 0 saturated carbocycles. The summed E-state index contributed by atoms with van der Waals surface area (Å²) < 4.78 is 0. The Balaban J connectivity index is 2.35. The average molecular weight is 210 g/mol. The monoisotopic (exact) mass is 209 g/mol. The summed E-state index contributed by atoms with van der Waals surface area (Å²) in [5.41, 5.74) is 1.75. The number of benzene rings is 1. The minimum Gasteiger partial charge on any atom is -0.334 e. The van der Waals surface area contributed by atoms with Gasteiger partial charge in [0.05, 0.1) is 0 Å². The van der Waals surface area contributed by atoms with Crippen LogP contribution in [0.4, 0.5) is 0 Å². The molecule has 0 bridgehead atoms. The Morgan fingerprint density at radius 3 is 2.93 bits per heavy atom. The smallest absolute Gasteiger partial charge is 0.254 e. The zero-order chi connectivity index (χ0) is 10.1. The summed E-state index contributed by atoms with van der Waals surface area (Å²) in [6.45, 7) is 3.55. The summed E-state index contributed by atoms with van der Waals surface area (Å²) in [5, 5.41) is 0.703. The van der Waals surface area contributed by atoms with Crippen LogP contribution in [0.2, 0.25) is 5.02 Å². The van der Waals surface area contributed by atoms with Crippen molar-refractivity contribution in [1.29, 1.82) is 0 Å². The lowest BCUT2D eigenvalue weighted by molar-refractivity contribution is 0.0778. The normalized spacial score (nSPS) is 14.7. The highest BCUT2D eigenvalue weighted by molar-refractivity contribution is 6.32. The molecular weight excluding hydrogens is 198 g/mol. The maximum absolute atomic E-state index is 11.8. The van der Waals surface area contributed by atoms with Gasteiger partial charge in [-0.25, -0.2) is 0 Å². The van der Waals surface area contributed by atoms with Crippen molar-refractivity contribution in [3.05, 3.63) is 34.3 Å². The maximum Gasteiger partial charge on any atom is 0.254 e. The van der Waals surface area contributed by atoms with E-state index < -0.39 is 0 Å². The highest BCUT2D eigenvalue weighted by Gasteiger charge is 2.27. The van der Waals surface area contributed by atoms with Gasteiger partial charge in [-0.05, 0) is 18.6 Å². The maximum atomic E-state index is 11.8. The summed E-state index contributed by atoms with van der Waals surface area (Å²) in [6, 6.07) is 5.51. The molecule has 0 spiro atoms. The zero-order valence-corrected chi connectivity index (χ0v) is 8.84. The zero-order valence-electron chi connectivity index (χ0n) is 8.09. The number of nitrogens with zero attached hydrogens (tertiary/aromatic N) is 1. The first-order valence-corrected chi connectivity index (χ1v) is 5.18. The van der Waals surface area contributed by atoms with Crippen LogP contribution in [0.3, 0.4) is 0 Å². The van der Waals surface area contributed by atoms with Crippen LogP contribution in [0, 0.1) is 0 Å². The van der Waals surface area contributed by atoms with Crippen LogP contribution in [0.1, 0.15) is 29.3 Å². The van der Waals surface area contributed by atoms with Crippen LogP contribution >= 0.6 is 11.6 Å². The van der Waals surface area contributed by atoms with Crippen molar-refractivity contribution in [3.8, 4) is 0 Å². The number of amides is 1. The highest BCUT2D eigenvalue weighted by atomic mass is 35.5. The molecule has 0 aliphatic carbocycles. The second-order valence-corrected chi connectivity index (χ2v) is 3.90. The average Bonchev–Trinajstić information content (AvgIpc) is 2.48. The van der Waals surface area contributed by atoms with Gasteiger partial charge in [-0.2, -0.15) is 0 Å². The molecule has 1 amide bonds. The van der Waals surface area contributed by atoms with Gasteiger partial charge in [-0.1, -0.05) is 24.6 Å². The summed E-state index contributed by atoms with van der Waals surface area (Å²) in [4.78, 5) is 13.6. The number of carbonyl (C=O) groups excluding carboxylic acids is 1. The van der Waals surface area contributed by atoms with Crippen molar-refractivity contribution in [2.45, 2.75) is 19.9 Å². The standard InChI is InChI=1S/C11H12ClNO/c1-2-6-13-7-9-8(11(13)14)4-3-5-10(9)12/h3-5H,2,6-7H2,1H3. The largest absolute Gasteiger partial charge is 0.334 e. The molecule has 0 N–H and O–H groups in total. The Bertz CT molecular complexity index is 376. The topological polar surface area (TPSA) is 20.3 Å². The Morgan fingerprint density at radius 2 is 2.29 bits per heavy atom. The fraction of sp³-hybridized carbons (Fsp3) is 0.364. The van der Waals surface area contributed by atoms with E-state index in [9.17, 15) is 4.79 Å². The lowest BCUT2D eigenvalue weighted by Crippen LogP contribution is -2.24. The predicted molar refractivity (Wildman–Crippen MR) is 56.5 cm³/mol. The van der Waals surface area contributed by atoms with Crippen LogP contribution in [-0.4, -0.2) is 17.4 Å². The van der Waals surface area contributed by atoms with Crippen LogP contribution < -0.4 is 0 Å². The first kappa shape index (κ1) is 9.53. The molecule has 1 aliphatic heterocycles. The fourth-order valence-electron chi connectivity index (χ4n) is 1.80. The molecule has 1 aromatic rings. The Morgan fingerprint density at radius 1 is 1.50 bits per heavy atom. The van der Waals surface area contributed by atoms with E-state index in [4.69, 9.17) is 11.6 Å². The van der Waals surface area contributed by atoms with Gasteiger partial charge in [0, 0.05) is 29.2 Å². The first-order valence-electron chi connectivity index (χ1n) is 4.80. The van der Waals surface area contributed by atoms with Gasteiger partial charge in [-0.15, -0.1) is 0 Å². The van der Waals surface area contributed by atoms with E-state index in [2.05, 4.69) is 6.92 Å². The molecule has 14 heavy (non-hydrogen) atoms. The van der Waals surface area contributed by atoms with E-state index >= 15 is 0 Å². The third-order valence-electron chi connectivity index (χ3n) is 2.48. The van der Waals surface area contributed by atoms with Crippen molar-refractivity contribution < 1.29 is 4.79 Å². The van der Waals surface area contributed by atoms with Gasteiger partial charge in [0.2, 0.25) is 0 Å². The molecule has 0 unspecified atom stereocenters. The first-order chi connectivity index (χ1) is 6.74. The predicted octanol–water partition coefficient (Wildman–Crippen LogP) is 2.71. The molecule has 0 saturated heterocycles. The molecule has 0 aromatic heterocycles. The molecule has 2 nitrogen and oxygen atoms in total. The molecule has 2 rings (SSSR count). The second kappa shape index (κ2) is 3.62. The molecule has 74 valence electrons. The third-order valence-corrected chi connectivity index (χ3v) is 2.83. The van der Waals surface area contributed by atoms with Gasteiger partial charge in [0.15, 0.2) is 0 Å². The third kappa shape index (κ3) is 1.40. The van der Waals surface area contributed by atoms with Crippen molar-refractivity contribution in [2.24, 2.45) is 0 Å². The minimum atomic E-state index is 0.115. The van der Waals surface area contributed by atoms with Gasteiger partial charge >= 0.3 is 0 Å². The highest BCUT2D eigenvalue weighted by Crippen LogP contribution is 2.28. The van der Waals surface area contributed by atoms with Crippen LogP contribution in [-0.2, 0) is 6.54 Å². The summed E-state index contributed by atoms with van der Waals surface area (Å²) >= 11 is 6.02. The number of rotatable bonds is 2. The van der Waals surface area contributed by atoms with Gasteiger partial charge in [0.1, 0.15) is 0 Å². The lowest BCUT2D eigenvalue weighted by atomic mass is 10.1. The second-order valence-electron chi connectivity index (χ2n) is 3.49. The van der Waals surface area contributed by atoms with E-state index in [0.717, 1.165) is 24.1 Å². The summed E-state index contributed by atoms with van der Waals surface area (Å²) in [7, 11) is 0. The fourth-order valence-corrected chi connectivity index (χ4v) is 2.04. The Kier molecular flexibility index (Phi) is 2.46. The van der Waals surface area contributed by atoms with Crippen molar-refractivity contribution in [2.75, 3.05) is 6.54 Å². The van der Waals surface area contributed by atoms with Gasteiger partial charge in [0.25, 0.3) is 5.91 Å². The summed E-state index contributed by atoms with van der Waals surface area (Å²) in [5.74, 6) is 0.115. The quantitative estimate of drug-likeness (QED) is 0.734. The van der Waals surface area contributed by atoms with Crippen molar-refractivity contribution >= 4 is 17.5 Å². The molecular formula is C11H12ClNO. The minimum absolute atomic E-state index is 0.115. The molecule has 1 heterocycles. The van der Waals surface area contributed by atoms with Gasteiger partial charge in [-0.3, -0.25) is 4.79 Å². The van der Waals surface area contributed by atoms with E-state index in [1.165, 1.54) is 0 Å². The SMILES string of the molecule is CCCN1Cc2c(Cl)cccc2C1=O. The number of hydrogen-bond donors (Lipinski definition) is 0. The van der Waals surface area contributed by atoms with Crippen molar-refractivity contribution in [1.82, 2.24) is 4.90 Å². The number of halogens is 1. The molecule has 0 fully saturated rings. The molecule has 1 aliphatic rings. The van der Waals surface area contributed by atoms with Crippen LogP contribution in [0.15, 0.2) is 18.2 Å². The van der Waals surface area contributed by atoms with Gasteiger partial charge < -0.3 is 4.90 Å². The number of hydrogen-bond acceptors (Lipinski definition) is 1. The van der Waals surface area contributed by atoms with E-state index in [1.54, 1.807) is 0 Å². The van der Waals surface area contributed by atoms with E-state index in [0.29, 0.717) is 11.6 Å². The summed E-state index contributed by atoms with van der Waals surface area (Å²) in [6.07, 6.45) is 0.983. The number of fused-ring (bicyclic) bond motifs is 1. The molecule has 0 radical (unpaired) electrons. The lowest BCUT2D eigenvalue weighted by Gasteiger charge is -2.13. The van der Waals surface area contributed by atoms with Crippen LogP contribution in [0.5, 0.6) is 0 Å². The number of carbonyl (C=O) groups is 1. The Labute approximate surface area is 88.5 Å². The van der Waals surface area contributed by atoms with Crippen LogP contribution in [0.25, 0.3) is 0 Å².